The second-order valence-corrected chi connectivity index (χ2v) is 2.88. The molecule has 0 N–H and O–H groups in total. The van der Waals surface area contributed by atoms with E-state index >= 15 is 0 Å². The Hall–Kier alpha value is -2.20. The van der Waals surface area contributed by atoms with E-state index in [1.807, 2.05) is 0 Å². The number of hydrogen-bond acceptors (Lipinski definition) is 4. The summed E-state index contributed by atoms with van der Waals surface area (Å²) >= 11 is 0. The van der Waals surface area contributed by atoms with Gasteiger partial charge in [0.1, 0.15) is 23.3 Å². The summed E-state index contributed by atoms with van der Waals surface area (Å²) in [6.07, 6.45) is 0. The molecule has 0 fully saturated rings. The van der Waals surface area contributed by atoms with Gasteiger partial charge in [0.25, 0.3) is 0 Å². The van der Waals surface area contributed by atoms with Gasteiger partial charge in [-0.15, -0.1) is 0 Å². The Bertz CT molecular complexity index is 437. The molecule has 68 valence electrons. The largest absolute Gasteiger partial charge is 0.288 e. The Labute approximate surface area is 80.7 Å². The summed E-state index contributed by atoms with van der Waals surface area (Å²) in [6, 6.07) is 3.18. The molecule has 0 radical (unpaired) electrons. The lowest BCUT2D eigenvalue weighted by molar-refractivity contribution is -0.116. The molecule has 4 nitrogen and oxygen atoms in total. The summed E-state index contributed by atoms with van der Waals surface area (Å²) < 4.78 is 0. The minimum atomic E-state index is -0.527. The molecular formula is C10H6N2O2. The minimum absolute atomic E-state index is 0.241. The first-order valence-corrected chi connectivity index (χ1v) is 3.86. The van der Waals surface area contributed by atoms with Crippen LogP contribution >= 0.6 is 0 Å². The van der Waals surface area contributed by atoms with E-state index in [4.69, 9.17) is 10.5 Å². The number of nitriles is 2. The molecule has 0 heterocycles. The molecule has 0 saturated heterocycles. The van der Waals surface area contributed by atoms with E-state index in [-0.39, 0.29) is 22.3 Å². The summed E-state index contributed by atoms with van der Waals surface area (Å²) in [5.74, 6) is -1.05. The number of rotatable bonds is 0. The number of carbonyl (C=O) groups is 2. The number of hydrogen-bond donors (Lipinski definition) is 0. The van der Waals surface area contributed by atoms with Crippen LogP contribution in [0.5, 0.6) is 0 Å². The Morgan fingerprint density at radius 2 is 1.14 bits per heavy atom. The van der Waals surface area contributed by atoms with Gasteiger partial charge >= 0.3 is 0 Å². The first-order chi connectivity index (χ1) is 6.54. The molecule has 1 aliphatic rings. The number of carbonyl (C=O) groups excluding carboxylic acids is 2. The predicted octanol–water partition coefficient (Wildman–Crippen LogP) is 0.818. The van der Waals surface area contributed by atoms with Crippen molar-refractivity contribution in [1.82, 2.24) is 0 Å². The van der Waals surface area contributed by atoms with Crippen LogP contribution in [0.15, 0.2) is 22.3 Å². The van der Waals surface area contributed by atoms with Crippen LogP contribution in [-0.2, 0) is 9.59 Å². The fourth-order valence-corrected chi connectivity index (χ4v) is 1.16. The van der Waals surface area contributed by atoms with Crippen LogP contribution in [0.4, 0.5) is 0 Å². The highest BCUT2D eigenvalue weighted by Gasteiger charge is 2.30. The summed E-state index contributed by atoms with van der Waals surface area (Å²) in [5.41, 5.74) is -0.211. The number of nitrogens with zero attached hydrogens (tertiary/aromatic N) is 2. The van der Waals surface area contributed by atoms with Crippen molar-refractivity contribution in [3.63, 3.8) is 0 Å². The van der Waals surface area contributed by atoms with Crippen molar-refractivity contribution < 1.29 is 9.59 Å². The average Bonchev–Trinajstić information content (AvgIpc) is 2.20. The zero-order valence-electron chi connectivity index (χ0n) is 7.71. The van der Waals surface area contributed by atoms with Gasteiger partial charge in [-0.3, -0.25) is 9.59 Å². The lowest BCUT2D eigenvalue weighted by Gasteiger charge is -2.11. The van der Waals surface area contributed by atoms with Gasteiger partial charge in [0.2, 0.25) is 11.6 Å². The molecule has 0 saturated carbocycles. The highest BCUT2D eigenvalue weighted by Crippen LogP contribution is 2.23. The van der Waals surface area contributed by atoms with Crippen molar-refractivity contribution in [2.24, 2.45) is 0 Å². The number of ketones is 2. The van der Waals surface area contributed by atoms with E-state index in [0.29, 0.717) is 0 Å². The van der Waals surface area contributed by atoms with Crippen molar-refractivity contribution in [3.8, 4) is 12.1 Å². The van der Waals surface area contributed by atoms with Crippen LogP contribution in [0.1, 0.15) is 13.8 Å². The number of allylic oxidation sites excluding steroid dienone is 4. The molecule has 0 aromatic heterocycles. The van der Waals surface area contributed by atoms with Crippen molar-refractivity contribution in [1.29, 1.82) is 10.5 Å². The summed E-state index contributed by atoms with van der Waals surface area (Å²) in [7, 11) is 0. The lowest BCUT2D eigenvalue weighted by Crippen LogP contribution is -2.20. The fraction of sp³-hybridized carbons (Fsp3) is 0.200. The first kappa shape index (κ1) is 9.88. The third-order valence-corrected chi connectivity index (χ3v) is 2.17. The highest BCUT2D eigenvalue weighted by molar-refractivity contribution is 6.27. The van der Waals surface area contributed by atoms with Crippen LogP contribution < -0.4 is 0 Å². The molecular weight excluding hydrogens is 180 g/mol. The molecule has 0 aromatic rings. The van der Waals surface area contributed by atoms with E-state index in [9.17, 15) is 9.59 Å². The van der Waals surface area contributed by atoms with Crippen molar-refractivity contribution in [2.75, 3.05) is 0 Å². The van der Waals surface area contributed by atoms with E-state index in [0.717, 1.165) is 0 Å². The smallest absolute Gasteiger partial charge is 0.201 e. The Balaban J connectivity index is 3.51. The lowest BCUT2D eigenvalue weighted by atomic mass is 9.86. The molecule has 0 bridgehead atoms. The van der Waals surface area contributed by atoms with Gasteiger partial charge in [-0.25, -0.2) is 0 Å². The molecule has 0 unspecified atom stereocenters. The topological polar surface area (TPSA) is 81.7 Å². The summed E-state index contributed by atoms with van der Waals surface area (Å²) in [6.45, 7) is 2.95. The predicted molar refractivity (Wildman–Crippen MR) is 46.6 cm³/mol. The van der Waals surface area contributed by atoms with Crippen LogP contribution in [0.3, 0.4) is 0 Å². The van der Waals surface area contributed by atoms with Gasteiger partial charge in [-0.05, 0) is 13.8 Å². The molecule has 0 atom stereocenters. The molecule has 1 rings (SSSR count). The molecule has 0 aromatic carbocycles. The Morgan fingerprint density at radius 3 is 1.36 bits per heavy atom. The maximum atomic E-state index is 11.4. The second-order valence-electron chi connectivity index (χ2n) is 2.88. The standard InChI is InChI=1S/C10H6N2O2/c1-5-6(2)10(14)8(4-12)7(3-11)9(5)13/h1-2H3. The first-order valence-electron chi connectivity index (χ1n) is 3.86. The fourth-order valence-electron chi connectivity index (χ4n) is 1.16. The van der Waals surface area contributed by atoms with Crippen molar-refractivity contribution >= 4 is 11.6 Å². The van der Waals surface area contributed by atoms with Crippen LogP contribution in [0, 0.1) is 22.7 Å². The van der Waals surface area contributed by atoms with Crippen LogP contribution in [-0.4, -0.2) is 11.6 Å². The van der Waals surface area contributed by atoms with E-state index in [1.165, 1.54) is 13.8 Å². The second kappa shape index (κ2) is 3.27. The molecule has 0 aliphatic heterocycles. The SMILES string of the molecule is CC1=C(C)C(=O)C(C#N)=C(C#N)C1=O. The molecule has 4 heteroatoms. The molecule has 0 spiro atoms. The van der Waals surface area contributed by atoms with Gasteiger partial charge in [0.05, 0.1) is 0 Å². The van der Waals surface area contributed by atoms with Gasteiger partial charge in [-0.1, -0.05) is 0 Å². The molecule has 14 heavy (non-hydrogen) atoms. The zero-order chi connectivity index (χ0) is 10.9. The van der Waals surface area contributed by atoms with Gasteiger partial charge in [0, 0.05) is 11.1 Å². The monoisotopic (exact) mass is 186 g/mol. The van der Waals surface area contributed by atoms with Crippen LogP contribution in [0.2, 0.25) is 0 Å². The summed E-state index contributed by atoms with van der Waals surface area (Å²) in [5, 5.41) is 17.3. The van der Waals surface area contributed by atoms with Crippen LogP contribution in [0.25, 0.3) is 0 Å². The van der Waals surface area contributed by atoms with Gasteiger partial charge < -0.3 is 0 Å². The zero-order valence-corrected chi connectivity index (χ0v) is 7.71. The average molecular weight is 186 g/mol. The molecule has 0 amide bonds. The van der Waals surface area contributed by atoms with Gasteiger partial charge in [-0.2, -0.15) is 10.5 Å². The van der Waals surface area contributed by atoms with Gasteiger partial charge in [0.15, 0.2) is 0 Å². The third-order valence-electron chi connectivity index (χ3n) is 2.17. The summed E-state index contributed by atoms with van der Waals surface area (Å²) in [4.78, 5) is 22.9. The molecule has 1 aliphatic carbocycles. The van der Waals surface area contributed by atoms with E-state index in [2.05, 4.69) is 0 Å². The Kier molecular flexibility index (Phi) is 2.31. The highest BCUT2D eigenvalue weighted by atomic mass is 16.1. The maximum absolute atomic E-state index is 11.4. The quantitative estimate of drug-likeness (QED) is 0.524. The third kappa shape index (κ3) is 1.14. The number of Topliss-reactive ketones (excluding diaryl/α,β-unsaturated/α-hetero) is 2. The Morgan fingerprint density at radius 1 is 0.857 bits per heavy atom. The van der Waals surface area contributed by atoms with E-state index < -0.39 is 11.6 Å². The van der Waals surface area contributed by atoms with E-state index in [1.54, 1.807) is 12.1 Å². The van der Waals surface area contributed by atoms with Crippen molar-refractivity contribution in [3.05, 3.63) is 22.3 Å². The normalized spacial score (nSPS) is 16.9. The van der Waals surface area contributed by atoms with Crippen molar-refractivity contribution in [2.45, 2.75) is 13.8 Å². The maximum Gasteiger partial charge on any atom is 0.201 e. The minimum Gasteiger partial charge on any atom is -0.288 e.